The van der Waals surface area contributed by atoms with Crippen LogP contribution in [-0.2, 0) is 0 Å². The van der Waals surface area contributed by atoms with Crippen molar-refractivity contribution in [2.24, 2.45) is 0 Å². The number of nitrogens with one attached hydrogen (secondary N) is 1. The second-order valence-corrected chi connectivity index (χ2v) is 5.34. The van der Waals surface area contributed by atoms with E-state index in [4.69, 9.17) is 0 Å². The Morgan fingerprint density at radius 2 is 2.05 bits per heavy atom. The third-order valence-electron chi connectivity index (χ3n) is 4.06. The van der Waals surface area contributed by atoms with Crippen molar-refractivity contribution in [3.63, 3.8) is 0 Å². The van der Waals surface area contributed by atoms with E-state index < -0.39 is 0 Å². The summed E-state index contributed by atoms with van der Waals surface area (Å²) in [6.45, 7) is 14.4. The van der Waals surface area contributed by atoms with Crippen molar-refractivity contribution in [2.75, 3.05) is 7.05 Å². The van der Waals surface area contributed by atoms with Gasteiger partial charge in [0.05, 0.1) is 12.1 Å². The van der Waals surface area contributed by atoms with Crippen molar-refractivity contribution in [1.82, 2.24) is 10.2 Å². The van der Waals surface area contributed by atoms with Crippen LogP contribution in [0.1, 0.15) is 20.8 Å². The molecule has 2 atom stereocenters. The molecule has 2 heteroatoms. The van der Waals surface area contributed by atoms with Gasteiger partial charge in [0.1, 0.15) is 0 Å². The molecule has 0 saturated carbocycles. The molecule has 0 aliphatic carbocycles. The lowest BCUT2D eigenvalue weighted by molar-refractivity contribution is 0.590. The lowest BCUT2D eigenvalue weighted by Crippen LogP contribution is -2.12. The normalized spacial score (nSPS) is 25.5. The van der Waals surface area contributed by atoms with E-state index in [1.165, 1.54) is 5.70 Å². The van der Waals surface area contributed by atoms with Crippen LogP contribution in [-0.4, -0.2) is 24.0 Å². The quantitative estimate of drug-likeness (QED) is 0.583. The standard InChI is InChI=1S/C18H24N2/c1-7-15(8-2)16(10-13(4)19-6)9-12(3)17-11-18-14(5)20(17)18/h7-11,14,18-19H,1,3H2,2,4-6H3/b13-10+,15-8-,16-9-. The third-order valence-corrected chi connectivity index (χ3v) is 4.06. The van der Waals surface area contributed by atoms with Crippen LogP contribution < -0.4 is 5.32 Å². The van der Waals surface area contributed by atoms with Gasteiger partial charge >= 0.3 is 0 Å². The first-order valence-corrected chi connectivity index (χ1v) is 7.09. The van der Waals surface area contributed by atoms with Gasteiger partial charge in [-0.1, -0.05) is 25.3 Å². The first-order chi connectivity index (χ1) is 9.53. The van der Waals surface area contributed by atoms with Gasteiger partial charge in [-0.15, -0.1) is 0 Å². The van der Waals surface area contributed by atoms with Crippen LogP contribution in [0.25, 0.3) is 0 Å². The van der Waals surface area contributed by atoms with Crippen LogP contribution in [0, 0.1) is 0 Å². The van der Waals surface area contributed by atoms with Gasteiger partial charge in [0.25, 0.3) is 0 Å². The van der Waals surface area contributed by atoms with E-state index in [2.05, 4.69) is 61.5 Å². The molecule has 2 rings (SSSR count). The first-order valence-electron chi connectivity index (χ1n) is 7.09. The summed E-state index contributed by atoms with van der Waals surface area (Å²) in [6, 6.07) is 1.32. The minimum absolute atomic E-state index is 0.661. The van der Waals surface area contributed by atoms with Crippen molar-refractivity contribution >= 4 is 0 Å². The summed E-state index contributed by atoms with van der Waals surface area (Å²) < 4.78 is 0. The predicted octanol–water partition coefficient (Wildman–Crippen LogP) is 3.69. The first kappa shape index (κ1) is 14.4. The Morgan fingerprint density at radius 3 is 2.45 bits per heavy atom. The van der Waals surface area contributed by atoms with Gasteiger partial charge in [-0.3, -0.25) is 0 Å². The number of hydrogen-bond donors (Lipinski definition) is 1. The second-order valence-electron chi connectivity index (χ2n) is 5.34. The summed E-state index contributed by atoms with van der Waals surface area (Å²) in [7, 11) is 1.93. The van der Waals surface area contributed by atoms with Crippen LogP contribution in [0.5, 0.6) is 0 Å². The molecule has 2 nitrogen and oxygen atoms in total. The maximum atomic E-state index is 4.21. The Balaban J connectivity index is 2.24. The van der Waals surface area contributed by atoms with Crippen molar-refractivity contribution in [1.29, 1.82) is 0 Å². The van der Waals surface area contributed by atoms with E-state index in [0.29, 0.717) is 12.1 Å². The molecule has 2 heterocycles. The molecule has 1 saturated heterocycles. The van der Waals surface area contributed by atoms with Crippen molar-refractivity contribution in [2.45, 2.75) is 32.9 Å². The highest BCUT2D eigenvalue weighted by Crippen LogP contribution is 2.46. The predicted molar refractivity (Wildman–Crippen MR) is 87.2 cm³/mol. The summed E-state index contributed by atoms with van der Waals surface area (Å²) in [4.78, 5) is 2.40. The zero-order valence-corrected chi connectivity index (χ0v) is 12.9. The average Bonchev–Trinajstić information content (AvgIpc) is 2.89. The molecule has 2 unspecified atom stereocenters. The van der Waals surface area contributed by atoms with Crippen LogP contribution >= 0.6 is 0 Å². The Bertz CT molecular complexity index is 558. The van der Waals surface area contributed by atoms with E-state index in [1.54, 1.807) is 0 Å². The number of fused-ring (bicyclic) bond motifs is 1. The fourth-order valence-electron chi connectivity index (χ4n) is 2.59. The zero-order valence-electron chi connectivity index (χ0n) is 12.9. The highest BCUT2D eigenvalue weighted by Gasteiger charge is 2.51. The molecular weight excluding hydrogens is 244 g/mol. The van der Waals surface area contributed by atoms with Crippen molar-refractivity contribution in [3.8, 4) is 0 Å². The van der Waals surface area contributed by atoms with Crippen molar-refractivity contribution < 1.29 is 0 Å². The summed E-state index contributed by atoms with van der Waals surface area (Å²) in [5.41, 5.74) is 5.72. The molecule has 0 aromatic rings. The minimum Gasteiger partial charge on any atom is -0.392 e. The van der Waals surface area contributed by atoms with Gasteiger partial charge in [-0.2, -0.15) is 0 Å². The molecule has 106 valence electrons. The van der Waals surface area contributed by atoms with Crippen LogP contribution in [0.2, 0.25) is 0 Å². The Labute approximate surface area is 122 Å². The Morgan fingerprint density at radius 1 is 1.35 bits per heavy atom. The second kappa shape index (κ2) is 5.58. The van der Waals surface area contributed by atoms with Crippen LogP contribution in [0.3, 0.4) is 0 Å². The van der Waals surface area contributed by atoms with Crippen LogP contribution in [0.15, 0.2) is 71.7 Å². The van der Waals surface area contributed by atoms with E-state index in [0.717, 1.165) is 22.4 Å². The highest BCUT2D eigenvalue weighted by molar-refractivity contribution is 5.56. The molecule has 0 bridgehead atoms. The molecule has 0 radical (unpaired) electrons. The monoisotopic (exact) mass is 268 g/mol. The minimum atomic E-state index is 0.661. The molecule has 0 aromatic heterocycles. The fourth-order valence-corrected chi connectivity index (χ4v) is 2.59. The molecule has 0 spiro atoms. The van der Waals surface area contributed by atoms with Gasteiger partial charge in [-0.25, -0.2) is 0 Å². The lowest BCUT2D eigenvalue weighted by atomic mass is 9.99. The largest absolute Gasteiger partial charge is 0.392 e. The van der Waals surface area contributed by atoms with E-state index in [9.17, 15) is 0 Å². The Hall–Kier alpha value is -1.96. The summed E-state index contributed by atoms with van der Waals surface area (Å²) >= 11 is 0. The average molecular weight is 268 g/mol. The zero-order chi connectivity index (χ0) is 14.9. The molecule has 2 aliphatic rings. The number of rotatable bonds is 6. The van der Waals surface area contributed by atoms with E-state index >= 15 is 0 Å². The third kappa shape index (κ3) is 2.51. The van der Waals surface area contributed by atoms with Gasteiger partial charge in [0.2, 0.25) is 0 Å². The summed E-state index contributed by atoms with van der Waals surface area (Å²) in [6.07, 6.45) is 10.5. The van der Waals surface area contributed by atoms with Crippen molar-refractivity contribution in [3.05, 3.63) is 71.7 Å². The number of allylic oxidation sites excluding steroid dienone is 7. The van der Waals surface area contributed by atoms with Gasteiger partial charge in [-0.05, 0) is 55.7 Å². The van der Waals surface area contributed by atoms with Gasteiger partial charge in [0, 0.05) is 18.4 Å². The smallest absolute Gasteiger partial charge is 0.0701 e. The van der Waals surface area contributed by atoms with Gasteiger partial charge < -0.3 is 10.2 Å². The molecule has 0 aromatic carbocycles. The fraction of sp³-hybridized carbons (Fsp3) is 0.333. The molecule has 20 heavy (non-hydrogen) atoms. The molecule has 2 aliphatic heterocycles. The topological polar surface area (TPSA) is 15.0 Å². The molecule has 0 amide bonds. The van der Waals surface area contributed by atoms with E-state index in [-0.39, 0.29) is 0 Å². The molecule has 1 N–H and O–H groups in total. The van der Waals surface area contributed by atoms with E-state index in [1.807, 2.05) is 20.0 Å². The number of nitrogens with zero attached hydrogens (tertiary/aromatic N) is 1. The maximum absolute atomic E-state index is 4.21. The number of hydrogen-bond acceptors (Lipinski definition) is 2. The Kier molecular flexibility index (Phi) is 4.03. The van der Waals surface area contributed by atoms with Gasteiger partial charge in [0.15, 0.2) is 0 Å². The maximum Gasteiger partial charge on any atom is 0.0701 e. The SMILES string of the molecule is C=CC(=C/C)/C(=C\C(=C)C1=CC2C(C)N12)/C=C(\C)NC. The molecular formula is C18H24N2. The lowest BCUT2D eigenvalue weighted by Gasteiger charge is -2.18. The summed E-state index contributed by atoms with van der Waals surface area (Å²) in [5, 5.41) is 3.16. The molecule has 1 fully saturated rings. The van der Waals surface area contributed by atoms with Crippen LogP contribution in [0.4, 0.5) is 0 Å². The summed E-state index contributed by atoms with van der Waals surface area (Å²) in [5.74, 6) is 0. The highest BCUT2D eigenvalue weighted by atomic mass is 15.4.